The Morgan fingerprint density at radius 2 is 2.31 bits per heavy atom. The SMILES string of the molecule is C=CC[C@@H]1[C@@H](C=C)COC(=O)[C@@H]1O. The maximum Gasteiger partial charge on any atom is 0.335 e. The van der Waals surface area contributed by atoms with Crippen LogP contribution < -0.4 is 0 Å². The smallest absolute Gasteiger partial charge is 0.335 e. The van der Waals surface area contributed by atoms with Gasteiger partial charge < -0.3 is 9.84 Å². The first kappa shape index (κ1) is 9.99. The van der Waals surface area contributed by atoms with Crippen molar-refractivity contribution < 1.29 is 14.6 Å². The molecule has 3 heteroatoms. The van der Waals surface area contributed by atoms with Gasteiger partial charge in [-0.25, -0.2) is 4.79 Å². The van der Waals surface area contributed by atoms with Crippen molar-refractivity contribution in [2.24, 2.45) is 11.8 Å². The van der Waals surface area contributed by atoms with Gasteiger partial charge in [0.1, 0.15) is 0 Å². The van der Waals surface area contributed by atoms with Gasteiger partial charge in [0.2, 0.25) is 0 Å². The topological polar surface area (TPSA) is 46.5 Å². The Morgan fingerprint density at radius 1 is 1.62 bits per heavy atom. The average Bonchev–Trinajstić information content (AvgIpc) is 2.14. The number of carbonyl (C=O) groups is 1. The quantitative estimate of drug-likeness (QED) is 0.521. The summed E-state index contributed by atoms with van der Waals surface area (Å²) < 4.78 is 4.78. The molecule has 0 unspecified atom stereocenters. The molecule has 0 aromatic heterocycles. The monoisotopic (exact) mass is 182 g/mol. The van der Waals surface area contributed by atoms with Crippen molar-refractivity contribution in [3.8, 4) is 0 Å². The third kappa shape index (κ3) is 1.98. The predicted octanol–water partition coefficient (Wildman–Crippen LogP) is 0.899. The van der Waals surface area contributed by atoms with Crippen LogP contribution in [0.25, 0.3) is 0 Å². The third-order valence-electron chi connectivity index (χ3n) is 2.36. The Balaban J connectivity index is 2.73. The molecule has 1 saturated heterocycles. The molecule has 1 fully saturated rings. The second-order valence-corrected chi connectivity index (χ2v) is 3.16. The van der Waals surface area contributed by atoms with E-state index in [1.165, 1.54) is 0 Å². The zero-order valence-electron chi connectivity index (χ0n) is 7.48. The van der Waals surface area contributed by atoms with Crippen LogP contribution in [-0.2, 0) is 9.53 Å². The second-order valence-electron chi connectivity index (χ2n) is 3.16. The minimum atomic E-state index is -1.03. The van der Waals surface area contributed by atoms with E-state index >= 15 is 0 Å². The van der Waals surface area contributed by atoms with E-state index in [2.05, 4.69) is 13.2 Å². The summed E-state index contributed by atoms with van der Waals surface area (Å²) in [5, 5.41) is 9.50. The number of hydrogen-bond acceptors (Lipinski definition) is 3. The molecule has 3 atom stereocenters. The summed E-state index contributed by atoms with van der Waals surface area (Å²) in [5.41, 5.74) is 0. The van der Waals surface area contributed by atoms with Gasteiger partial charge in [0, 0.05) is 11.8 Å². The van der Waals surface area contributed by atoms with Crippen molar-refractivity contribution >= 4 is 5.97 Å². The molecule has 0 aliphatic carbocycles. The maximum absolute atomic E-state index is 11.0. The number of allylic oxidation sites excluding steroid dienone is 1. The van der Waals surface area contributed by atoms with Crippen LogP contribution in [0.5, 0.6) is 0 Å². The van der Waals surface area contributed by atoms with Crippen molar-refractivity contribution in [1.82, 2.24) is 0 Å². The molecule has 0 radical (unpaired) electrons. The van der Waals surface area contributed by atoms with Gasteiger partial charge in [-0.3, -0.25) is 0 Å². The van der Waals surface area contributed by atoms with E-state index in [-0.39, 0.29) is 11.8 Å². The Labute approximate surface area is 77.7 Å². The highest BCUT2D eigenvalue weighted by molar-refractivity contribution is 5.75. The molecule has 0 saturated carbocycles. The van der Waals surface area contributed by atoms with Crippen LogP contribution in [0.15, 0.2) is 25.3 Å². The van der Waals surface area contributed by atoms with E-state index < -0.39 is 12.1 Å². The molecule has 0 amide bonds. The Kier molecular flexibility index (Phi) is 3.25. The molecule has 1 N–H and O–H groups in total. The highest BCUT2D eigenvalue weighted by Crippen LogP contribution is 2.27. The summed E-state index contributed by atoms with van der Waals surface area (Å²) in [5.74, 6) is -0.633. The molecule has 13 heavy (non-hydrogen) atoms. The van der Waals surface area contributed by atoms with Gasteiger partial charge in [-0.05, 0) is 6.42 Å². The van der Waals surface area contributed by atoms with Crippen LogP contribution in [0.2, 0.25) is 0 Å². The van der Waals surface area contributed by atoms with Gasteiger partial charge in [-0.1, -0.05) is 12.2 Å². The third-order valence-corrected chi connectivity index (χ3v) is 2.36. The fourth-order valence-electron chi connectivity index (χ4n) is 1.54. The van der Waals surface area contributed by atoms with Gasteiger partial charge in [0.05, 0.1) is 6.61 Å². The highest BCUT2D eigenvalue weighted by atomic mass is 16.5. The van der Waals surface area contributed by atoms with Crippen molar-refractivity contribution in [2.45, 2.75) is 12.5 Å². The van der Waals surface area contributed by atoms with Gasteiger partial charge >= 0.3 is 5.97 Å². The van der Waals surface area contributed by atoms with Crippen LogP contribution >= 0.6 is 0 Å². The summed E-state index contributed by atoms with van der Waals surface area (Å²) in [6.45, 7) is 7.54. The molecule has 3 nitrogen and oxygen atoms in total. The summed E-state index contributed by atoms with van der Waals surface area (Å²) in [6, 6.07) is 0. The number of ether oxygens (including phenoxy) is 1. The molecule has 72 valence electrons. The number of esters is 1. The standard InChI is InChI=1S/C10H14O3/c1-3-5-8-7(4-2)6-13-10(12)9(8)11/h3-4,7-9,11H,1-2,5-6H2/t7-,8+,9+/m0/s1. The first-order valence-electron chi connectivity index (χ1n) is 4.29. The van der Waals surface area contributed by atoms with E-state index in [0.29, 0.717) is 13.0 Å². The lowest BCUT2D eigenvalue weighted by molar-refractivity contribution is -0.167. The Bertz CT molecular complexity index is 220. The second kappa shape index (κ2) is 4.23. The molecular weight excluding hydrogens is 168 g/mol. The van der Waals surface area contributed by atoms with Gasteiger partial charge in [0.15, 0.2) is 6.10 Å². The predicted molar refractivity (Wildman–Crippen MR) is 49.0 cm³/mol. The fourth-order valence-corrected chi connectivity index (χ4v) is 1.54. The van der Waals surface area contributed by atoms with E-state index in [1.54, 1.807) is 12.2 Å². The summed E-state index contributed by atoms with van der Waals surface area (Å²) in [4.78, 5) is 11.0. The molecular formula is C10H14O3. The van der Waals surface area contributed by atoms with Gasteiger partial charge in [0.25, 0.3) is 0 Å². The molecule has 0 aromatic rings. The minimum Gasteiger partial charge on any atom is -0.463 e. The molecule has 0 bridgehead atoms. The molecule has 1 aliphatic heterocycles. The van der Waals surface area contributed by atoms with E-state index in [9.17, 15) is 9.90 Å². The summed E-state index contributed by atoms with van der Waals surface area (Å²) in [7, 11) is 0. The van der Waals surface area contributed by atoms with E-state index in [0.717, 1.165) is 0 Å². The number of carbonyl (C=O) groups excluding carboxylic acids is 1. The number of aliphatic hydroxyl groups is 1. The first-order chi connectivity index (χ1) is 6.20. The number of cyclic esters (lactones) is 1. The Morgan fingerprint density at radius 3 is 2.85 bits per heavy atom. The highest BCUT2D eigenvalue weighted by Gasteiger charge is 2.36. The molecule has 0 aromatic carbocycles. The van der Waals surface area contributed by atoms with E-state index in [1.807, 2.05) is 0 Å². The molecule has 1 heterocycles. The van der Waals surface area contributed by atoms with Crippen LogP contribution in [0.1, 0.15) is 6.42 Å². The first-order valence-corrected chi connectivity index (χ1v) is 4.29. The molecule has 1 aliphatic rings. The number of aliphatic hydroxyl groups excluding tert-OH is 1. The van der Waals surface area contributed by atoms with Crippen molar-refractivity contribution in [2.75, 3.05) is 6.61 Å². The zero-order chi connectivity index (χ0) is 9.84. The van der Waals surface area contributed by atoms with Crippen molar-refractivity contribution in [1.29, 1.82) is 0 Å². The molecule has 0 spiro atoms. The van der Waals surface area contributed by atoms with Crippen LogP contribution in [0.3, 0.4) is 0 Å². The van der Waals surface area contributed by atoms with Gasteiger partial charge in [-0.15, -0.1) is 13.2 Å². The zero-order valence-corrected chi connectivity index (χ0v) is 7.48. The van der Waals surface area contributed by atoms with Crippen LogP contribution in [0, 0.1) is 11.8 Å². The lowest BCUT2D eigenvalue weighted by atomic mass is 9.83. The molecule has 1 rings (SSSR count). The van der Waals surface area contributed by atoms with Crippen molar-refractivity contribution in [3.63, 3.8) is 0 Å². The lowest BCUT2D eigenvalue weighted by Crippen LogP contribution is -2.42. The normalized spacial score (nSPS) is 33.6. The average molecular weight is 182 g/mol. The van der Waals surface area contributed by atoms with Crippen molar-refractivity contribution in [3.05, 3.63) is 25.3 Å². The summed E-state index contributed by atoms with van der Waals surface area (Å²) in [6.07, 6.45) is 2.98. The Hall–Kier alpha value is -1.09. The maximum atomic E-state index is 11.0. The number of rotatable bonds is 3. The lowest BCUT2D eigenvalue weighted by Gasteiger charge is -2.31. The summed E-state index contributed by atoms with van der Waals surface area (Å²) >= 11 is 0. The minimum absolute atomic E-state index is 0.0331. The van der Waals surface area contributed by atoms with Crippen LogP contribution in [0.4, 0.5) is 0 Å². The largest absolute Gasteiger partial charge is 0.463 e. The van der Waals surface area contributed by atoms with E-state index in [4.69, 9.17) is 4.74 Å². The number of hydrogen-bond donors (Lipinski definition) is 1. The van der Waals surface area contributed by atoms with Crippen LogP contribution in [-0.4, -0.2) is 23.8 Å². The van der Waals surface area contributed by atoms with Gasteiger partial charge in [-0.2, -0.15) is 0 Å². The fraction of sp³-hybridized carbons (Fsp3) is 0.500.